The summed E-state index contributed by atoms with van der Waals surface area (Å²) in [5.74, 6) is 3.04. The Morgan fingerprint density at radius 2 is 2.04 bits per heavy atom. The number of hydrogen-bond acceptors (Lipinski definition) is 4. The van der Waals surface area contributed by atoms with Crippen LogP contribution in [0.2, 0.25) is 0 Å². The fourth-order valence-corrected chi connectivity index (χ4v) is 3.54. The molecule has 24 heavy (non-hydrogen) atoms. The molecule has 0 spiro atoms. The molecule has 3 N–H and O–H groups in total. The molecule has 1 unspecified atom stereocenters. The van der Waals surface area contributed by atoms with Crippen LogP contribution in [0.1, 0.15) is 66.2 Å². The van der Waals surface area contributed by atoms with Gasteiger partial charge in [-0.15, -0.1) is 0 Å². The molecular formula is C19H33N5. The van der Waals surface area contributed by atoms with Crippen LogP contribution in [0.25, 0.3) is 5.82 Å². The number of nitrogens with two attached hydrogens (primary N) is 1. The summed E-state index contributed by atoms with van der Waals surface area (Å²) >= 11 is 0. The van der Waals surface area contributed by atoms with Gasteiger partial charge in [0.15, 0.2) is 0 Å². The monoisotopic (exact) mass is 331 g/mol. The van der Waals surface area contributed by atoms with Gasteiger partial charge in [0.05, 0.1) is 0 Å². The van der Waals surface area contributed by atoms with Crippen LogP contribution >= 0.6 is 0 Å². The molecule has 5 nitrogen and oxygen atoms in total. The van der Waals surface area contributed by atoms with E-state index < -0.39 is 0 Å². The van der Waals surface area contributed by atoms with E-state index in [1.165, 1.54) is 38.4 Å². The Morgan fingerprint density at radius 1 is 1.38 bits per heavy atom. The smallest absolute Gasteiger partial charge is 0.224 e. The summed E-state index contributed by atoms with van der Waals surface area (Å²) in [6.07, 6.45) is 8.66. The van der Waals surface area contributed by atoms with Crippen molar-refractivity contribution in [2.24, 2.45) is 11.8 Å². The number of rotatable bonds is 7. The van der Waals surface area contributed by atoms with E-state index in [4.69, 9.17) is 5.73 Å². The predicted octanol–water partition coefficient (Wildman–Crippen LogP) is 4.21. The number of aromatic nitrogens is 3. The van der Waals surface area contributed by atoms with Crippen LogP contribution in [0.3, 0.4) is 0 Å². The van der Waals surface area contributed by atoms with E-state index >= 15 is 0 Å². The summed E-state index contributed by atoms with van der Waals surface area (Å²) in [6.45, 7) is 13.1. The minimum atomic E-state index is 0.411. The molecule has 5 heteroatoms. The first-order chi connectivity index (χ1) is 11.5. The Labute approximate surface area is 146 Å². The SMILES string of the molecule is C=C(CC)/C(C)=C(/NC1CCC(C(C)CC)CC1)n1ncnc1N. The third kappa shape index (κ3) is 4.19. The first-order valence-corrected chi connectivity index (χ1v) is 9.29. The number of hydrogen-bond donors (Lipinski definition) is 2. The first kappa shape index (κ1) is 18.6. The molecule has 1 aromatic heterocycles. The molecule has 1 aromatic rings. The third-order valence-corrected chi connectivity index (χ3v) is 5.66. The second-order valence-corrected chi connectivity index (χ2v) is 7.10. The second-order valence-electron chi connectivity index (χ2n) is 7.10. The van der Waals surface area contributed by atoms with Gasteiger partial charge >= 0.3 is 0 Å². The van der Waals surface area contributed by atoms with Crippen LogP contribution in [0.15, 0.2) is 24.1 Å². The lowest BCUT2D eigenvalue weighted by atomic mass is 9.78. The topological polar surface area (TPSA) is 68.8 Å². The van der Waals surface area contributed by atoms with Crippen LogP contribution in [-0.4, -0.2) is 20.8 Å². The summed E-state index contributed by atoms with van der Waals surface area (Å²) in [4.78, 5) is 4.07. The Kier molecular flexibility index (Phi) is 6.46. The Balaban J connectivity index is 2.14. The van der Waals surface area contributed by atoms with Crippen LogP contribution < -0.4 is 11.1 Å². The summed E-state index contributed by atoms with van der Waals surface area (Å²) in [5, 5.41) is 7.99. The molecule has 1 aliphatic carbocycles. The zero-order chi connectivity index (χ0) is 17.7. The van der Waals surface area contributed by atoms with Crippen molar-refractivity contribution in [1.29, 1.82) is 0 Å². The minimum absolute atomic E-state index is 0.411. The summed E-state index contributed by atoms with van der Waals surface area (Å²) in [6, 6.07) is 0.462. The van der Waals surface area contributed by atoms with Crippen molar-refractivity contribution in [1.82, 2.24) is 20.1 Å². The van der Waals surface area contributed by atoms with Gasteiger partial charge in [-0.3, -0.25) is 0 Å². The molecule has 134 valence electrons. The maximum absolute atomic E-state index is 5.99. The van der Waals surface area contributed by atoms with E-state index in [1.54, 1.807) is 4.68 Å². The molecule has 1 aliphatic rings. The summed E-state index contributed by atoms with van der Waals surface area (Å²) in [7, 11) is 0. The minimum Gasteiger partial charge on any atom is -0.368 e. The van der Waals surface area contributed by atoms with Crippen molar-refractivity contribution >= 4 is 11.8 Å². The molecule has 0 aliphatic heterocycles. The van der Waals surface area contributed by atoms with Gasteiger partial charge in [0.25, 0.3) is 0 Å². The Hall–Kier alpha value is -1.78. The molecule has 0 aromatic carbocycles. The second kappa shape index (κ2) is 8.36. The number of allylic oxidation sites excluding steroid dienone is 2. The molecule has 1 fully saturated rings. The van der Waals surface area contributed by atoms with Gasteiger partial charge in [0.2, 0.25) is 5.95 Å². The number of nitrogens with zero attached hydrogens (tertiary/aromatic N) is 3. The van der Waals surface area contributed by atoms with Crippen molar-refractivity contribution in [3.8, 4) is 0 Å². The lowest BCUT2D eigenvalue weighted by Gasteiger charge is -2.33. The summed E-state index contributed by atoms with van der Waals surface area (Å²) in [5.41, 5.74) is 8.20. The maximum Gasteiger partial charge on any atom is 0.224 e. The lowest BCUT2D eigenvalue weighted by molar-refractivity contribution is 0.231. The van der Waals surface area contributed by atoms with E-state index in [9.17, 15) is 0 Å². The van der Waals surface area contributed by atoms with Gasteiger partial charge in [0.1, 0.15) is 12.1 Å². The van der Waals surface area contributed by atoms with Crippen molar-refractivity contribution < 1.29 is 0 Å². The molecule has 0 radical (unpaired) electrons. The number of anilines is 1. The molecule has 0 bridgehead atoms. The normalized spacial score (nSPS) is 23.5. The van der Waals surface area contributed by atoms with Crippen molar-refractivity contribution in [3.63, 3.8) is 0 Å². The quantitative estimate of drug-likeness (QED) is 0.734. The van der Waals surface area contributed by atoms with Gasteiger partial charge in [-0.25, -0.2) is 0 Å². The van der Waals surface area contributed by atoms with Crippen molar-refractivity contribution in [2.75, 3.05) is 5.73 Å². The Morgan fingerprint density at radius 3 is 2.54 bits per heavy atom. The highest BCUT2D eigenvalue weighted by molar-refractivity contribution is 5.57. The van der Waals surface area contributed by atoms with Crippen LogP contribution in [0.4, 0.5) is 5.95 Å². The Bertz CT molecular complexity index is 578. The number of nitrogen functional groups attached to an aromatic ring is 1. The first-order valence-electron chi connectivity index (χ1n) is 9.29. The third-order valence-electron chi connectivity index (χ3n) is 5.66. The molecule has 1 heterocycles. The highest BCUT2D eigenvalue weighted by atomic mass is 15.4. The predicted molar refractivity (Wildman–Crippen MR) is 101 cm³/mol. The van der Waals surface area contributed by atoms with Crippen LogP contribution in [-0.2, 0) is 0 Å². The lowest BCUT2D eigenvalue weighted by Crippen LogP contribution is -2.36. The van der Waals surface area contributed by atoms with Crippen molar-refractivity contribution in [3.05, 3.63) is 24.1 Å². The van der Waals surface area contributed by atoms with Crippen LogP contribution in [0.5, 0.6) is 0 Å². The average molecular weight is 332 g/mol. The van der Waals surface area contributed by atoms with Gasteiger partial charge in [0, 0.05) is 6.04 Å². The fourth-order valence-electron chi connectivity index (χ4n) is 3.54. The molecule has 0 amide bonds. The van der Waals surface area contributed by atoms with E-state index in [-0.39, 0.29) is 0 Å². The highest BCUT2D eigenvalue weighted by Crippen LogP contribution is 2.32. The zero-order valence-corrected chi connectivity index (χ0v) is 15.7. The molecule has 2 rings (SSSR count). The van der Waals surface area contributed by atoms with E-state index in [0.29, 0.717) is 12.0 Å². The van der Waals surface area contributed by atoms with E-state index in [0.717, 1.165) is 35.2 Å². The molecule has 0 saturated heterocycles. The fraction of sp³-hybridized carbons (Fsp3) is 0.684. The summed E-state index contributed by atoms with van der Waals surface area (Å²) < 4.78 is 1.71. The van der Waals surface area contributed by atoms with Crippen molar-refractivity contribution in [2.45, 2.75) is 72.3 Å². The maximum atomic E-state index is 5.99. The largest absolute Gasteiger partial charge is 0.368 e. The standard InChI is InChI=1S/C19H33N5/c1-6-13(3)15(5)18(24-19(20)21-12-22-24)23-17-10-8-16(9-11-17)14(4)7-2/h12,14,16-17,23H,3,6-11H2,1-2,4-5H3,(H2,20,21,22)/b18-15-. The van der Waals surface area contributed by atoms with E-state index in [1.807, 2.05) is 0 Å². The number of nitrogens with one attached hydrogen (secondary N) is 1. The van der Waals surface area contributed by atoms with Gasteiger partial charge in [-0.05, 0) is 62.0 Å². The molecular weight excluding hydrogens is 298 g/mol. The average Bonchev–Trinajstić information content (AvgIpc) is 3.03. The molecule has 1 atom stereocenters. The van der Waals surface area contributed by atoms with E-state index in [2.05, 4.69) is 49.7 Å². The van der Waals surface area contributed by atoms with Gasteiger partial charge in [-0.1, -0.05) is 33.8 Å². The zero-order valence-electron chi connectivity index (χ0n) is 15.7. The van der Waals surface area contributed by atoms with Crippen LogP contribution in [0, 0.1) is 11.8 Å². The molecule has 1 saturated carbocycles. The van der Waals surface area contributed by atoms with Gasteiger partial charge in [-0.2, -0.15) is 14.8 Å². The van der Waals surface area contributed by atoms with Gasteiger partial charge < -0.3 is 11.1 Å². The highest BCUT2D eigenvalue weighted by Gasteiger charge is 2.26.